The van der Waals surface area contributed by atoms with E-state index >= 15 is 0 Å². The molecular formula is C15H13BrFN3O2. The molecule has 22 heavy (non-hydrogen) atoms. The quantitative estimate of drug-likeness (QED) is 0.832. The number of benzene rings is 1. The first-order valence-corrected chi connectivity index (χ1v) is 7.29. The highest BCUT2D eigenvalue weighted by molar-refractivity contribution is 9.10. The van der Waals surface area contributed by atoms with Gasteiger partial charge in [0.25, 0.3) is 0 Å². The molecule has 1 aromatic carbocycles. The summed E-state index contributed by atoms with van der Waals surface area (Å²) in [7, 11) is 1.52. The number of anilines is 1. The minimum Gasteiger partial charge on any atom is -0.423 e. The molecule has 0 bridgehead atoms. The second-order valence-electron chi connectivity index (χ2n) is 4.69. The van der Waals surface area contributed by atoms with Crippen LogP contribution in [0.15, 0.2) is 27.1 Å². The van der Waals surface area contributed by atoms with E-state index in [1.54, 1.807) is 13.0 Å². The van der Waals surface area contributed by atoms with Gasteiger partial charge in [-0.25, -0.2) is 9.37 Å². The molecule has 0 aliphatic carbocycles. The summed E-state index contributed by atoms with van der Waals surface area (Å²) in [6.07, 6.45) is 0.527. The third kappa shape index (κ3) is 3.52. The summed E-state index contributed by atoms with van der Waals surface area (Å²) in [4.78, 5) is 17.4. The second-order valence-corrected chi connectivity index (χ2v) is 5.54. The SMILES string of the molecule is Cc1nc(C#N)c(N(C)C(=O)CCc2cc(F)ccc2Br)o1. The summed E-state index contributed by atoms with van der Waals surface area (Å²) >= 11 is 3.33. The number of aromatic nitrogens is 1. The second kappa shape index (κ2) is 6.71. The molecule has 1 heterocycles. The smallest absolute Gasteiger partial charge is 0.241 e. The molecule has 2 rings (SSSR count). The van der Waals surface area contributed by atoms with Crippen LogP contribution in [0.4, 0.5) is 10.3 Å². The monoisotopic (exact) mass is 365 g/mol. The predicted octanol–water partition coefficient (Wildman–Crippen LogP) is 3.35. The van der Waals surface area contributed by atoms with E-state index < -0.39 is 0 Å². The van der Waals surface area contributed by atoms with Crippen molar-refractivity contribution < 1.29 is 13.6 Å². The lowest BCUT2D eigenvalue weighted by atomic mass is 10.1. The number of nitriles is 1. The van der Waals surface area contributed by atoms with Crippen LogP contribution in [0.3, 0.4) is 0 Å². The standard InChI is InChI=1S/C15H13BrFN3O2/c1-9-19-13(8-18)15(22-9)20(2)14(21)6-3-10-7-11(17)4-5-12(10)16/h4-5,7H,3,6H2,1-2H3. The van der Waals surface area contributed by atoms with Gasteiger partial charge in [-0.2, -0.15) is 5.26 Å². The zero-order valence-corrected chi connectivity index (χ0v) is 13.6. The van der Waals surface area contributed by atoms with Gasteiger partial charge < -0.3 is 4.42 Å². The summed E-state index contributed by atoms with van der Waals surface area (Å²) in [6, 6.07) is 6.22. The third-order valence-electron chi connectivity index (χ3n) is 3.12. The molecule has 0 N–H and O–H groups in total. The number of amides is 1. The van der Waals surface area contributed by atoms with Crippen molar-refractivity contribution in [2.24, 2.45) is 0 Å². The van der Waals surface area contributed by atoms with Gasteiger partial charge in [0.2, 0.25) is 17.5 Å². The van der Waals surface area contributed by atoms with E-state index in [9.17, 15) is 9.18 Å². The normalized spacial score (nSPS) is 10.3. The molecule has 0 saturated heterocycles. The maximum Gasteiger partial charge on any atom is 0.241 e. The Kier molecular flexibility index (Phi) is 4.93. The molecule has 2 aromatic rings. The summed E-state index contributed by atoms with van der Waals surface area (Å²) < 4.78 is 19.3. The molecular weight excluding hydrogens is 353 g/mol. The molecule has 7 heteroatoms. The molecule has 0 aliphatic heterocycles. The fourth-order valence-electron chi connectivity index (χ4n) is 1.97. The van der Waals surface area contributed by atoms with Crippen molar-refractivity contribution in [3.63, 3.8) is 0 Å². The van der Waals surface area contributed by atoms with Crippen molar-refractivity contribution in [2.45, 2.75) is 19.8 Å². The van der Waals surface area contributed by atoms with Crippen molar-refractivity contribution in [3.05, 3.63) is 45.6 Å². The van der Waals surface area contributed by atoms with Crippen LogP contribution in [0.2, 0.25) is 0 Å². The lowest BCUT2D eigenvalue weighted by Gasteiger charge is -2.14. The third-order valence-corrected chi connectivity index (χ3v) is 3.89. The van der Waals surface area contributed by atoms with Crippen LogP contribution in [0.25, 0.3) is 0 Å². The van der Waals surface area contributed by atoms with Crippen molar-refractivity contribution in [2.75, 3.05) is 11.9 Å². The van der Waals surface area contributed by atoms with E-state index in [0.717, 1.165) is 4.47 Å². The Morgan fingerprint density at radius 1 is 1.55 bits per heavy atom. The summed E-state index contributed by atoms with van der Waals surface area (Å²) in [5.41, 5.74) is 0.774. The zero-order chi connectivity index (χ0) is 16.3. The van der Waals surface area contributed by atoms with Gasteiger partial charge in [-0.15, -0.1) is 0 Å². The average Bonchev–Trinajstić information content (AvgIpc) is 2.88. The molecule has 1 aromatic heterocycles. The highest BCUT2D eigenvalue weighted by atomic mass is 79.9. The topological polar surface area (TPSA) is 70.1 Å². The van der Waals surface area contributed by atoms with Crippen molar-refractivity contribution in [1.29, 1.82) is 5.26 Å². The van der Waals surface area contributed by atoms with Gasteiger partial charge in [-0.1, -0.05) is 15.9 Å². The lowest BCUT2D eigenvalue weighted by Crippen LogP contribution is -2.26. The predicted molar refractivity (Wildman–Crippen MR) is 81.8 cm³/mol. The summed E-state index contributed by atoms with van der Waals surface area (Å²) in [5, 5.41) is 8.98. The Hall–Kier alpha value is -2.20. The largest absolute Gasteiger partial charge is 0.423 e. The molecule has 0 radical (unpaired) electrons. The van der Waals surface area contributed by atoms with Crippen molar-refractivity contribution in [1.82, 2.24) is 4.98 Å². The first-order chi connectivity index (χ1) is 10.4. The number of halogens is 2. The van der Waals surface area contributed by atoms with E-state index in [-0.39, 0.29) is 29.7 Å². The van der Waals surface area contributed by atoms with E-state index in [4.69, 9.17) is 9.68 Å². The number of nitrogens with zero attached hydrogens (tertiary/aromatic N) is 3. The Morgan fingerprint density at radius 3 is 2.95 bits per heavy atom. The molecule has 0 aliphatic rings. The van der Waals surface area contributed by atoms with Crippen LogP contribution in [0, 0.1) is 24.1 Å². The van der Waals surface area contributed by atoms with Gasteiger partial charge in [0.1, 0.15) is 11.9 Å². The maximum atomic E-state index is 13.2. The van der Waals surface area contributed by atoms with Crippen LogP contribution >= 0.6 is 15.9 Å². The van der Waals surface area contributed by atoms with Gasteiger partial charge in [0, 0.05) is 24.9 Å². The van der Waals surface area contributed by atoms with Gasteiger partial charge in [-0.3, -0.25) is 9.69 Å². The van der Waals surface area contributed by atoms with E-state index in [1.165, 1.54) is 24.1 Å². The minimum atomic E-state index is -0.350. The van der Waals surface area contributed by atoms with E-state index in [2.05, 4.69) is 20.9 Å². The lowest BCUT2D eigenvalue weighted by molar-refractivity contribution is -0.118. The van der Waals surface area contributed by atoms with Gasteiger partial charge in [0.05, 0.1) is 0 Å². The van der Waals surface area contributed by atoms with Crippen LogP contribution in [0.1, 0.15) is 23.6 Å². The Balaban J connectivity index is 2.09. The number of hydrogen-bond donors (Lipinski definition) is 0. The number of aryl methyl sites for hydroxylation is 2. The number of hydrogen-bond acceptors (Lipinski definition) is 4. The van der Waals surface area contributed by atoms with Gasteiger partial charge in [-0.05, 0) is 30.2 Å². The molecule has 114 valence electrons. The van der Waals surface area contributed by atoms with Crippen LogP contribution in [0.5, 0.6) is 0 Å². The van der Waals surface area contributed by atoms with Gasteiger partial charge >= 0.3 is 0 Å². The summed E-state index contributed by atoms with van der Waals surface area (Å²) in [5.74, 6) is -0.150. The van der Waals surface area contributed by atoms with Gasteiger partial charge in [0.15, 0.2) is 5.89 Å². The maximum absolute atomic E-state index is 13.2. The van der Waals surface area contributed by atoms with E-state index in [1.807, 2.05) is 6.07 Å². The summed E-state index contributed by atoms with van der Waals surface area (Å²) in [6.45, 7) is 1.60. The number of oxazole rings is 1. The number of rotatable bonds is 4. The first kappa shape index (κ1) is 16.2. The molecule has 5 nitrogen and oxygen atoms in total. The van der Waals surface area contributed by atoms with E-state index in [0.29, 0.717) is 17.9 Å². The molecule has 0 fully saturated rings. The molecule has 0 unspecified atom stereocenters. The Bertz CT molecular complexity index is 752. The average molecular weight is 366 g/mol. The Labute approximate surface area is 135 Å². The first-order valence-electron chi connectivity index (χ1n) is 6.50. The highest BCUT2D eigenvalue weighted by Crippen LogP contribution is 2.23. The number of carbonyl (C=O) groups excluding carboxylic acids is 1. The number of carbonyl (C=O) groups is 1. The molecule has 0 saturated carbocycles. The Morgan fingerprint density at radius 2 is 2.27 bits per heavy atom. The minimum absolute atomic E-state index is 0.0697. The van der Waals surface area contributed by atoms with Crippen LogP contribution in [-0.2, 0) is 11.2 Å². The fraction of sp³-hybridized carbons (Fsp3) is 0.267. The van der Waals surface area contributed by atoms with Crippen molar-refractivity contribution in [3.8, 4) is 6.07 Å². The molecule has 0 atom stereocenters. The fourth-order valence-corrected chi connectivity index (χ4v) is 2.42. The zero-order valence-electron chi connectivity index (χ0n) is 12.1. The van der Waals surface area contributed by atoms with Crippen LogP contribution in [-0.4, -0.2) is 17.9 Å². The highest BCUT2D eigenvalue weighted by Gasteiger charge is 2.20. The van der Waals surface area contributed by atoms with Crippen LogP contribution < -0.4 is 4.90 Å². The van der Waals surface area contributed by atoms with Crippen molar-refractivity contribution >= 4 is 27.7 Å². The molecule has 0 spiro atoms. The molecule has 1 amide bonds.